The van der Waals surface area contributed by atoms with Crippen molar-refractivity contribution in [2.45, 2.75) is 32.9 Å². The number of amides is 1. The SMILES string of the molecule is CC(C)(C)OC(=O)N1CCN(c2nc3ccccc3c3c(=O)c4cc(F)ccc4sc23)CC1.O=c1c2cc(F)ccc2sc2c(-n3cccc3)nc3ccccc3c12.O=c1c2cc(F)ccc2sc2c(-n3cccn3)nc3ccccc3c12.O=c1c2cc(F)ccc2sc2c(-n3ccnc3)nc3ccccc3c12.O=c1c2cc(F)ccc2sc2c(N3CCN(Cc4ccccc4)CC3)nc3ccccc3c12. The Morgan fingerprint density at radius 1 is 0.326 bits per heavy atom. The predicted octanol–water partition coefficient (Wildman–Crippen LogP) is 24.1. The van der Waals surface area contributed by atoms with E-state index in [4.69, 9.17) is 29.7 Å². The zero-order valence-electron chi connectivity index (χ0n) is 75.3. The number of halogens is 5. The van der Waals surface area contributed by atoms with Crippen molar-refractivity contribution in [3.05, 3.63) is 390 Å². The summed E-state index contributed by atoms with van der Waals surface area (Å²) in [5.74, 6) is 1.50. The molecule has 0 atom stereocenters. The molecule has 26 rings (SSSR count). The highest BCUT2D eigenvalue weighted by Gasteiger charge is 2.31. The van der Waals surface area contributed by atoms with Crippen LogP contribution in [0.2, 0.25) is 0 Å². The molecule has 2 fully saturated rings. The molecule has 0 N–H and O–H groups in total. The van der Waals surface area contributed by atoms with Gasteiger partial charge in [0.05, 0.1) is 78.0 Å². The number of para-hydroxylation sites is 5. The van der Waals surface area contributed by atoms with E-state index in [0.717, 1.165) is 140 Å². The number of rotatable bonds is 7. The van der Waals surface area contributed by atoms with Crippen LogP contribution in [0.1, 0.15) is 26.3 Å². The molecule has 141 heavy (non-hydrogen) atoms. The van der Waals surface area contributed by atoms with Crippen LogP contribution >= 0.6 is 56.7 Å². The Labute approximate surface area is 816 Å². The van der Waals surface area contributed by atoms with Crippen LogP contribution in [-0.4, -0.2) is 123 Å². The van der Waals surface area contributed by atoms with Gasteiger partial charge in [0, 0.05) is 173 Å². The first-order valence-electron chi connectivity index (χ1n) is 45.1. The molecule has 15 heterocycles. The molecule has 21 nitrogen and oxygen atoms in total. The molecule has 1 amide bonds. The minimum atomic E-state index is -0.545. The molecule has 0 bridgehead atoms. The minimum absolute atomic E-state index is 0.124. The summed E-state index contributed by atoms with van der Waals surface area (Å²) in [6.07, 6.45) is 12.1. The van der Waals surface area contributed by atoms with Crippen LogP contribution in [0.4, 0.5) is 38.4 Å². The number of anilines is 2. The topological polar surface area (TPSA) is 230 Å². The molecule has 0 aliphatic carbocycles. The molecular weight excluding hydrogens is 1880 g/mol. The second-order valence-electron chi connectivity index (χ2n) is 34.9. The normalized spacial score (nSPS) is 13.1. The summed E-state index contributed by atoms with van der Waals surface area (Å²) in [6.45, 7) is 12.2. The average molecular weight is 1960 g/mol. The first kappa shape index (κ1) is 90.3. The average Bonchev–Trinajstić information content (AvgIpc) is 1.27. The Kier molecular flexibility index (Phi) is 24.0. The molecule has 31 heteroatoms. The lowest BCUT2D eigenvalue weighted by molar-refractivity contribution is 0.0240. The maximum Gasteiger partial charge on any atom is 0.410 e. The summed E-state index contributed by atoms with van der Waals surface area (Å²) in [6, 6.07) is 75.8. The molecule has 0 radical (unpaired) electrons. The van der Waals surface area contributed by atoms with E-state index in [1.807, 2.05) is 183 Å². The third-order valence-corrected chi connectivity index (χ3v) is 30.6. The number of ether oxygens (including phenoxy) is 1. The molecular formula is C110H77F5N14O7S5. The van der Waals surface area contributed by atoms with E-state index in [1.54, 1.807) is 75.6 Å². The fourth-order valence-corrected chi connectivity index (χ4v) is 24.0. The van der Waals surface area contributed by atoms with Crippen LogP contribution in [0.25, 0.3) is 173 Å². The molecule has 694 valence electrons. The first-order valence-corrected chi connectivity index (χ1v) is 49.2. The zero-order valence-corrected chi connectivity index (χ0v) is 79.4. The second-order valence-corrected chi connectivity index (χ2v) is 40.1. The molecule has 2 aliphatic heterocycles. The maximum absolute atomic E-state index is 13.9. The van der Waals surface area contributed by atoms with Crippen molar-refractivity contribution in [1.82, 2.24) is 58.6 Å². The van der Waals surface area contributed by atoms with Gasteiger partial charge < -0.3 is 24.0 Å². The number of imidazole rings is 1. The van der Waals surface area contributed by atoms with E-state index in [2.05, 4.69) is 49.0 Å². The van der Waals surface area contributed by atoms with Crippen molar-refractivity contribution in [2.75, 3.05) is 62.2 Å². The number of hydrogen-bond acceptors (Lipinski definition) is 22. The van der Waals surface area contributed by atoms with E-state index >= 15 is 0 Å². The fraction of sp³-hybridized carbons (Fsp3) is 0.118. The summed E-state index contributed by atoms with van der Waals surface area (Å²) in [4.78, 5) is 116. The predicted molar refractivity (Wildman–Crippen MR) is 562 cm³/mol. The molecule has 0 spiro atoms. The highest BCUT2D eigenvalue weighted by Crippen LogP contribution is 2.42. The Balaban J connectivity index is 0.000000102. The van der Waals surface area contributed by atoms with Gasteiger partial charge in [-0.3, -0.25) is 33.4 Å². The van der Waals surface area contributed by atoms with Crippen LogP contribution < -0.4 is 36.9 Å². The van der Waals surface area contributed by atoms with Gasteiger partial charge in [-0.25, -0.2) is 61.3 Å². The summed E-state index contributed by atoms with van der Waals surface area (Å²) in [5, 5.41) is 13.1. The third kappa shape index (κ3) is 17.4. The number of piperazine rings is 2. The smallest absolute Gasteiger partial charge is 0.410 e. The molecule has 2 aliphatic rings. The van der Waals surface area contributed by atoms with Gasteiger partial charge >= 0.3 is 6.09 Å². The Morgan fingerprint density at radius 3 is 0.986 bits per heavy atom. The molecule has 13 aromatic heterocycles. The summed E-state index contributed by atoms with van der Waals surface area (Å²) < 4.78 is 87.4. The van der Waals surface area contributed by atoms with E-state index in [1.165, 1.54) is 123 Å². The largest absolute Gasteiger partial charge is 0.444 e. The van der Waals surface area contributed by atoms with Crippen molar-refractivity contribution in [1.29, 1.82) is 0 Å². The molecule has 0 saturated carbocycles. The van der Waals surface area contributed by atoms with E-state index in [-0.39, 0.29) is 39.1 Å². The van der Waals surface area contributed by atoms with Gasteiger partial charge in [-0.2, -0.15) is 5.10 Å². The van der Waals surface area contributed by atoms with Crippen molar-refractivity contribution in [3.8, 4) is 17.5 Å². The molecule has 11 aromatic carbocycles. The van der Waals surface area contributed by atoms with E-state index in [0.29, 0.717) is 103 Å². The Bertz CT molecular complexity index is 8990. The number of hydrogen-bond donors (Lipinski definition) is 0. The molecule has 0 unspecified atom stereocenters. The monoisotopic (exact) mass is 1960 g/mol. The third-order valence-electron chi connectivity index (χ3n) is 24.7. The maximum atomic E-state index is 13.9. The highest BCUT2D eigenvalue weighted by atomic mass is 32.1. The van der Waals surface area contributed by atoms with Gasteiger partial charge in [0.2, 0.25) is 0 Å². The number of fused-ring (bicyclic) bond motifs is 20. The van der Waals surface area contributed by atoms with Crippen LogP contribution in [0.3, 0.4) is 0 Å². The molecule has 24 aromatic rings. The van der Waals surface area contributed by atoms with E-state index < -0.39 is 28.9 Å². The van der Waals surface area contributed by atoms with Crippen LogP contribution in [0, 0.1) is 29.1 Å². The first-order chi connectivity index (χ1) is 68.5. The Morgan fingerprint density at radius 2 is 0.645 bits per heavy atom. The van der Waals surface area contributed by atoms with Gasteiger partial charge in [0.15, 0.2) is 44.6 Å². The van der Waals surface area contributed by atoms with Crippen molar-refractivity contribution in [2.24, 2.45) is 0 Å². The van der Waals surface area contributed by atoms with Crippen molar-refractivity contribution < 1.29 is 31.5 Å². The number of carbonyl (C=O) groups is 1. The number of aromatic nitrogens is 10. The second kappa shape index (κ2) is 37.4. The lowest BCUT2D eigenvalue weighted by Gasteiger charge is -2.36. The number of benzene rings is 11. The summed E-state index contributed by atoms with van der Waals surface area (Å²) >= 11 is 7.30. The van der Waals surface area contributed by atoms with Gasteiger partial charge in [-0.15, -0.1) is 56.7 Å². The quantitative estimate of drug-likeness (QED) is 0.0820. The lowest BCUT2D eigenvalue weighted by atomic mass is 10.1. The van der Waals surface area contributed by atoms with Crippen LogP contribution in [-0.2, 0) is 11.3 Å². The minimum Gasteiger partial charge on any atom is -0.444 e. The Hall–Kier alpha value is -15.9. The number of carbonyl (C=O) groups excluding carboxylic acids is 1. The van der Waals surface area contributed by atoms with E-state index in [9.17, 15) is 50.7 Å². The van der Waals surface area contributed by atoms with Crippen LogP contribution in [0.15, 0.2) is 328 Å². The van der Waals surface area contributed by atoms with Gasteiger partial charge in [0.25, 0.3) is 0 Å². The standard InChI is InChI=1S/C27H22FN3OS.C25H24FN3O3S.C20H11FN2OS.2C19H10FN3OS/c28-19-10-11-23-21(16-19)25(32)24-20-8-4-5-9-22(20)29-27(26(24)33-23)31-14-12-30(13-15-31)17-18-6-2-1-3-7-18;1-25(2,3)32-24(31)29-12-10-28(11-13-29)23-22-20(16-6-4-5-7-18(16)27-23)21(30)17-14-15(26)8-9-19(17)33-22;21-12-7-8-16-14(11-12)18(24)17-13-5-1-2-6-15(13)22-20(19(17)25-16)23-9-3-4-10-23;20-11-6-7-15-13(10-11)17(24)16-12-4-1-2-5-14(12)22-19(18(16)25-15)23-9-3-8-21-23;20-11-5-6-15-13(9-11)17(24)16-12-3-1-2-4-14(12)22-19(18(16)25-15)23-8-7-21-10-23/h1-11,16H,12-15,17H2;4-9,14H,10-13H2,1-3H3;1-11H;2*1-10H. The van der Waals surface area contributed by atoms with Crippen LogP contribution in [0.5, 0.6) is 0 Å². The van der Waals surface area contributed by atoms with Crippen molar-refractivity contribution >= 4 is 230 Å². The lowest BCUT2D eigenvalue weighted by Crippen LogP contribution is -2.50. The number of nitrogens with zero attached hydrogens (tertiary/aromatic N) is 14. The van der Waals surface area contributed by atoms with Gasteiger partial charge in [0.1, 0.15) is 52.7 Å². The highest BCUT2D eigenvalue weighted by molar-refractivity contribution is 7.27. The van der Waals surface area contributed by atoms with Crippen molar-refractivity contribution in [3.63, 3.8) is 0 Å². The van der Waals surface area contributed by atoms with Gasteiger partial charge in [-0.1, -0.05) is 121 Å². The number of pyridine rings is 5. The summed E-state index contributed by atoms with van der Waals surface area (Å²) in [7, 11) is 0. The fourth-order valence-electron chi connectivity index (χ4n) is 18.2. The molecule has 2 saturated heterocycles. The van der Waals surface area contributed by atoms with Gasteiger partial charge in [-0.05, 0) is 166 Å². The summed E-state index contributed by atoms with van der Waals surface area (Å²) in [5.41, 5.74) is 3.63. The zero-order chi connectivity index (χ0) is 96.6.